The average Bonchev–Trinajstić information content (AvgIpc) is 3.26. The Hall–Kier alpha value is -2.07. The van der Waals surface area contributed by atoms with Gasteiger partial charge in [-0.05, 0) is 42.5 Å². The first-order chi connectivity index (χ1) is 12.3. The van der Waals surface area contributed by atoms with E-state index in [1.807, 2.05) is 30.3 Å². The molecule has 25 heavy (non-hydrogen) atoms. The molecule has 0 bridgehead atoms. The van der Waals surface area contributed by atoms with Gasteiger partial charge in [-0.2, -0.15) is 0 Å². The van der Waals surface area contributed by atoms with Crippen molar-refractivity contribution in [3.8, 4) is 0 Å². The number of unbranched alkanes of at least 4 members (excludes halogenated alkanes) is 5. The summed E-state index contributed by atoms with van der Waals surface area (Å²) in [5.74, 6) is 0.216. The van der Waals surface area contributed by atoms with Gasteiger partial charge in [0.2, 0.25) is 0 Å². The molecular weight excluding hydrogens is 316 g/mol. The molecular formula is C21H26O4. The van der Waals surface area contributed by atoms with Crippen LogP contribution in [0.25, 0.3) is 0 Å². The minimum absolute atomic E-state index is 0.254. The molecule has 1 fully saturated rings. The van der Waals surface area contributed by atoms with Gasteiger partial charge < -0.3 is 14.3 Å². The third-order valence-electron chi connectivity index (χ3n) is 4.80. The van der Waals surface area contributed by atoms with E-state index in [9.17, 15) is 4.79 Å². The van der Waals surface area contributed by atoms with E-state index in [2.05, 4.69) is 6.07 Å². The molecule has 134 valence electrons. The van der Waals surface area contributed by atoms with Crippen molar-refractivity contribution in [2.45, 2.75) is 63.6 Å². The summed E-state index contributed by atoms with van der Waals surface area (Å²) >= 11 is 0. The van der Waals surface area contributed by atoms with Crippen molar-refractivity contribution >= 4 is 5.97 Å². The van der Waals surface area contributed by atoms with Crippen molar-refractivity contribution in [2.75, 3.05) is 0 Å². The number of aryl methyl sites for hydroxylation is 2. The SMILES string of the molecule is O=C(O)C1OC1c1ccccc1CCCCCCCCc1ccco1. The Labute approximate surface area is 148 Å². The van der Waals surface area contributed by atoms with Crippen LogP contribution in [0.1, 0.15) is 61.5 Å². The Morgan fingerprint density at radius 1 is 0.920 bits per heavy atom. The first-order valence-corrected chi connectivity index (χ1v) is 9.24. The minimum atomic E-state index is -0.866. The lowest BCUT2D eigenvalue weighted by Crippen LogP contribution is -2.06. The molecule has 1 N–H and O–H groups in total. The summed E-state index contributed by atoms with van der Waals surface area (Å²) in [6.07, 6.45) is 10.1. The van der Waals surface area contributed by atoms with Crippen LogP contribution in [0.5, 0.6) is 0 Å². The Bertz CT molecular complexity index is 662. The number of aliphatic carboxylic acids is 1. The van der Waals surface area contributed by atoms with Crippen LogP contribution in [-0.4, -0.2) is 17.2 Å². The van der Waals surface area contributed by atoms with Crippen LogP contribution in [-0.2, 0) is 22.4 Å². The molecule has 0 amide bonds. The maximum absolute atomic E-state index is 11.0. The van der Waals surface area contributed by atoms with Crippen molar-refractivity contribution in [3.05, 3.63) is 59.5 Å². The van der Waals surface area contributed by atoms with Crippen LogP contribution in [0.3, 0.4) is 0 Å². The van der Waals surface area contributed by atoms with Gasteiger partial charge in [0.05, 0.1) is 6.26 Å². The van der Waals surface area contributed by atoms with Gasteiger partial charge in [-0.15, -0.1) is 0 Å². The Balaban J connectivity index is 1.31. The average molecular weight is 342 g/mol. The predicted octanol–water partition coefficient (Wildman–Crippen LogP) is 4.93. The minimum Gasteiger partial charge on any atom is -0.479 e. The van der Waals surface area contributed by atoms with Gasteiger partial charge in [-0.3, -0.25) is 0 Å². The number of carboxylic acid groups (broad SMARTS) is 1. The van der Waals surface area contributed by atoms with E-state index in [1.54, 1.807) is 6.26 Å². The molecule has 1 aliphatic rings. The molecule has 1 aromatic carbocycles. The second kappa shape index (κ2) is 8.86. The smallest absolute Gasteiger partial charge is 0.335 e. The van der Waals surface area contributed by atoms with E-state index < -0.39 is 12.1 Å². The summed E-state index contributed by atoms with van der Waals surface area (Å²) in [7, 11) is 0. The summed E-state index contributed by atoms with van der Waals surface area (Å²) in [4.78, 5) is 11.0. The van der Waals surface area contributed by atoms with Crippen molar-refractivity contribution in [3.63, 3.8) is 0 Å². The standard InChI is InChI=1S/C21H26O4/c22-21(23)20-19(25-20)18-14-8-7-11-16(18)10-5-3-1-2-4-6-12-17-13-9-15-24-17/h7-9,11,13-15,19-20H,1-6,10,12H2,(H,22,23). The zero-order valence-electron chi connectivity index (χ0n) is 14.5. The van der Waals surface area contributed by atoms with Gasteiger partial charge in [0.1, 0.15) is 11.9 Å². The second-order valence-corrected chi connectivity index (χ2v) is 6.72. The van der Waals surface area contributed by atoms with Gasteiger partial charge in [0.15, 0.2) is 6.10 Å². The van der Waals surface area contributed by atoms with Crippen molar-refractivity contribution in [2.24, 2.45) is 0 Å². The van der Waals surface area contributed by atoms with Crippen LogP contribution in [0, 0.1) is 0 Å². The molecule has 2 heterocycles. The Kier molecular flexibility index (Phi) is 6.29. The number of ether oxygens (including phenoxy) is 1. The largest absolute Gasteiger partial charge is 0.479 e. The van der Waals surface area contributed by atoms with Crippen LogP contribution in [0.2, 0.25) is 0 Å². The highest BCUT2D eigenvalue weighted by atomic mass is 16.6. The molecule has 1 aromatic heterocycles. The van der Waals surface area contributed by atoms with Crippen LogP contribution >= 0.6 is 0 Å². The number of benzene rings is 1. The summed E-state index contributed by atoms with van der Waals surface area (Å²) in [6.45, 7) is 0. The molecule has 2 atom stereocenters. The van der Waals surface area contributed by atoms with E-state index in [0.29, 0.717) is 0 Å². The lowest BCUT2D eigenvalue weighted by atomic mass is 9.97. The molecule has 0 radical (unpaired) electrons. The van der Waals surface area contributed by atoms with E-state index >= 15 is 0 Å². The molecule has 0 aliphatic carbocycles. The van der Waals surface area contributed by atoms with E-state index in [-0.39, 0.29) is 6.10 Å². The fraction of sp³-hybridized carbons (Fsp3) is 0.476. The van der Waals surface area contributed by atoms with Gasteiger partial charge >= 0.3 is 5.97 Å². The van der Waals surface area contributed by atoms with E-state index in [0.717, 1.165) is 30.6 Å². The lowest BCUT2D eigenvalue weighted by molar-refractivity contribution is -0.138. The molecule has 2 aromatic rings. The zero-order valence-corrected chi connectivity index (χ0v) is 14.5. The second-order valence-electron chi connectivity index (χ2n) is 6.72. The summed E-state index contributed by atoms with van der Waals surface area (Å²) in [6, 6.07) is 12.1. The first kappa shape index (κ1) is 17.7. The molecule has 1 aliphatic heterocycles. The third-order valence-corrected chi connectivity index (χ3v) is 4.80. The maximum atomic E-state index is 11.0. The topological polar surface area (TPSA) is 63.0 Å². The lowest BCUT2D eigenvalue weighted by Gasteiger charge is -2.07. The number of hydrogen-bond donors (Lipinski definition) is 1. The number of epoxide rings is 1. The van der Waals surface area contributed by atoms with Crippen LogP contribution < -0.4 is 0 Å². The molecule has 0 saturated carbocycles. The van der Waals surface area contributed by atoms with E-state index in [4.69, 9.17) is 14.3 Å². The first-order valence-electron chi connectivity index (χ1n) is 9.24. The van der Waals surface area contributed by atoms with Gasteiger partial charge in [0.25, 0.3) is 0 Å². The molecule has 4 nitrogen and oxygen atoms in total. The van der Waals surface area contributed by atoms with Crippen molar-refractivity contribution < 1.29 is 19.1 Å². The number of carbonyl (C=O) groups is 1. The molecule has 4 heteroatoms. The number of furan rings is 1. The van der Waals surface area contributed by atoms with Gasteiger partial charge in [-0.1, -0.05) is 49.9 Å². The monoisotopic (exact) mass is 342 g/mol. The van der Waals surface area contributed by atoms with Crippen molar-refractivity contribution in [1.29, 1.82) is 0 Å². The van der Waals surface area contributed by atoms with Crippen molar-refractivity contribution in [1.82, 2.24) is 0 Å². The van der Waals surface area contributed by atoms with Gasteiger partial charge in [0, 0.05) is 6.42 Å². The molecule has 2 unspecified atom stereocenters. The third kappa shape index (κ3) is 5.20. The number of hydrogen-bond acceptors (Lipinski definition) is 3. The quantitative estimate of drug-likeness (QED) is 0.464. The molecule has 1 saturated heterocycles. The highest BCUT2D eigenvalue weighted by molar-refractivity contribution is 5.76. The summed E-state index contributed by atoms with van der Waals surface area (Å²) < 4.78 is 10.6. The fourth-order valence-electron chi connectivity index (χ4n) is 3.35. The normalized spacial score (nSPS) is 19.0. The van der Waals surface area contributed by atoms with E-state index in [1.165, 1.54) is 37.7 Å². The zero-order chi connectivity index (χ0) is 17.5. The molecule has 3 rings (SSSR count). The highest BCUT2D eigenvalue weighted by Gasteiger charge is 2.47. The Morgan fingerprint density at radius 2 is 1.64 bits per heavy atom. The Morgan fingerprint density at radius 3 is 2.32 bits per heavy atom. The maximum Gasteiger partial charge on any atom is 0.335 e. The van der Waals surface area contributed by atoms with Gasteiger partial charge in [-0.25, -0.2) is 4.79 Å². The molecule has 0 spiro atoms. The van der Waals surface area contributed by atoms with Crippen LogP contribution in [0.15, 0.2) is 47.1 Å². The fourth-order valence-corrected chi connectivity index (χ4v) is 3.35. The number of rotatable bonds is 11. The predicted molar refractivity (Wildman–Crippen MR) is 95.5 cm³/mol. The number of carboxylic acids is 1. The summed E-state index contributed by atoms with van der Waals surface area (Å²) in [5, 5.41) is 9.02. The van der Waals surface area contributed by atoms with Crippen LogP contribution in [0.4, 0.5) is 0 Å². The summed E-state index contributed by atoms with van der Waals surface area (Å²) in [5.41, 5.74) is 2.28. The highest BCUT2D eigenvalue weighted by Crippen LogP contribution is 2.40.